The van der Waals surface area contributed by atoms with Crippen molar-refractivity contribution in [2.75, 3.05) is 13.7 Å². The normalized spacial score (nSPS) is 10.8. The van der Waals surface area contributed by atoms with Crippen LogP contribution in [0.1, 0.15) is 12.5 Å². The molecule has 1 aromatic heterocycles. The summed E-state index contributed by atoms with van der Waals surface area (Å²) in [4.78, 5) is 14.7. The molecule has 3 aromatic rings. The van der Waals surface area contributed by atoms with Gasteiger partial charge in [0.1, 0.15) is 5.75 Å². The van der Waals surface area contributed by atoms with Crippen molar-refractivity contribution < 1.29 is 9.53 Å². The van der Waals surface area contributed by atoms with E-state index in [1.54, 1.807) is 7.11 Å². The van der Waals surface area contributed by atoms with Crippen molar-refractivity contribution in [1.29, 1.82) is 0 Å². The molecule has 0 aliphatic heterocycles. The van der Waals surface area contributed by atoms with Gasteiger partial charge in [-0.15, -0.1) is 0 Å². The Morgan fingerprint density at radius 2 is 2.00 bits per heavy atom. The van der Waals surface area contributed by atoms with Crippen LogP contribution in [0.4, 0.5) is 0 Å². The van der Waals surface area contributed by atoms with Crippen LogP contribution in [0, 0.1) is 0 Å². The van der Waals surface area contributed by atoms with E-state index in [0.717, 1.165) is 38.8 Å². The molecule has 1 heterocycles. The van der Waals surface area contributed by atoms with Crippen molar-refractivity contribution in [2.24, 2.45) is 0 Å². The molecule has 0 unspecified atom stereocenters. The summed E-state index contributed by atoms with van der Waals surface area (Å²) in [5, 5.41) is 3.98. The Kier molecular flexibility index (Phi) is 4.90. The predicted molar refractivity (Wildman–Crippen MR) is 100 cm³/mol. The Hall–Kier alpha value is -2.27. The van der Waals surface area contributed by atoms with Crippen LogP contribution in [0.3, 0.4) is 0 Å². The summed E-state index contributed by atoms with van der Waals surface area (Å²) in [6.07, 6.45) is 0.745. The number of rotatable bonds is 5. The zero-order valence-electron chi connectivity index (χ0n) is 13.7. The van der Waals surface area contributed by atoms with E-state index in [9.17, 15) is 4.79 Å². The van der Waals surface area contributed by atoms with Gasteiger partial charge in [0.25, 0.3) is 0 Å². The second-order valence-electron chi connectivity index (χ2n) is 5.61. The maximum atomic E-state index is 11.2. The van der Waals surface area contributed by atoms with Gasteiger partial charge in [0, 0.05) is 30.1 Å². The molecule has 0 spiro atoms. The van der Waals surface area contributed by atoms with E-state index in [1.165, 1.54) is 12.5 Å². The molecular weight excluding hydrogens is 368 g/mol. The summed E-state index contributed by atoms with van der Waals surface area (Å²) >= 11 is 3.54. The predicted octanol–water partition coefficient (Wildman–Crippen LogP) is 4.28. The number of ether oxygens (including phenoxy) is 1. The van der Waals surface area contributed by atoms with Crippen LogP contribution >= 0.6 is 15.9 Å². The monoisotopic (exact) mass is 386 g/mol. The molecule has 0 aliphatic carbocycles. The standard InChI is InChI=1S/C19H19BrN2O2/c1-12(23)21-9-8-14-15-10-18(24-2)16(20)11-17(15)22-19(14)13-6-4-3-5-7-13/h3-7,10-11,22H,8-9H2,1-2H3,(H,21,23). The van der Waals surface area contributed by atoms with Crippen molar-refractivity contribution >= 4 is 32.7 Å². The molecule has 0 radical (unpaired) electrons. The smallest absolute Gasteiger partial charge is 0.216 e. The van der Waals surface area contributed by atoms with Gasteiger partial charge in [-0.3, -0.25) is 4.79 Å². The SMILES string of the molecule is COc1cc2c(CCNC(C)=O)c(-c3ccccc3)[nH]c2cc1Br. The molecule has 4 nitrogen and oxygen atoms in total. The van der Waals surface area contributed by atoms with Crippen molar-refractivity contribution in [2.45, 2.75) is 13.3 Å². The van der Waals surface area contributed by atoms with Gasteiger partial charge in [0.15, 0.2) is 0 Å². The minimum Gasteiger partial charge on any atom is -0.496 e. The number of carbonyl (C=O) groups is 1. The van der Waals surface area contributed by atoms with Crippen LogP contribution in [0.2, 0.25) is 0 Å². The Morgan fingerprint density at radius 1 is 1.25 bits per heavy atom. The molecule has 0 fully saturated rings. The van der Waals surface area contributed by atoms with E-state index in [-0.39, 0.29) is 5.91 Å². The molecular formula is C19H19BrN2O2. The van der Waals surface area contributed by atoms with Crippen LogP contribution in [-0.4, -0.2) is 24.5 Å². The third-order valence-electron chi connectivity index (χ3n) is 3.99. The Bertz CT molecular complexity index is 872. The van der Waals surface area contributed by atoms with E-state index in [0.29, 0.717) is 6.54 Å². The minimum atomic E-state index is -0.0172. The van der Waals surface area contributed by atoms with Crippen LogP contribution in [-0.2, 0) is 11.2 Å². The van der Waals surface area contributed by atoms with Crippen LogP contribution in [0.25, 0.3) is 22.2 Å². The lowest BCUT2D eigenvalue weighted by atomic mass is 10.0. The summed E-state index contributed by atoms with van der Waals surface area (Å²) in [5.74, 6) is 0.776. The zero-order valence-corrected chi connectivity index (χ0v) is 15.2. The fourth-order valence-corrected chi connectivity index (χ4v) is 3.39. The van der Waals surface area contributed by atoms with E-state index in [2.05, 4.69) is 38.4 Å². The lowest BCUT2D eigenvalue weighted by Gasteiger charge is -2.07. The highest BCUT2D eigenvalue weighted by Gasteiger charge is 2.15. The molecule has 2 N–H and O–H groups in total. The first-order chi connectivity index (χ1) is 11.6. The maximum absolute atomic E-state index is 11.2. The number of nitrogens with one attached hydrogen (secondary N) is 2. The average molecular weight is 387 g/mol. The van der Waals surface area contributed by atoms with Crippen molar-refractivity contribution in [3.8, 4) is 17.0 Å². The molecule has 0 aliphatic rings. The Balaban J connectivity index is 2.12. The van der Waals surface area contributed by atoms with E-state index in [1.807, 2.05) is 30.3 Å². The molecule has 0 bridgehead atoms. The summed E-state index contributed by atoms with van der Waals surface area (Å²) in [6, 6.07) is 14.3. The number of hydrogen-bond acceptors (Lipinski definition) is 2. The van der Waals surface area contributed by atoms with E-state index < -0.39 is 0 Å². The van der Waals surface area contributed by atoms with Crippen molar-refractivity contribution in [3.63, 3.8) is 0 Å². The summed E-state index contributed by atoms with van der Waals surface area (Å²) in [5.41, 5.74) is 4.42. The first-order valence-corrected chi connectivity index (χ1v) is 8.57. The molecule has 3 rings (SSSR count). The lowest BCUT2D eigenvalue weighted by Crippen LogP contribution is -2.22. The number of fused-ring (bicyclic) bond motifs is 1. The van der Waals surface area contributed by atoms with Crippen molar-refractivity contribution in [3.05, 3.63) is 52.5 Å². The number of H-pyrrole nitrogens is 1. The molecule has 124 valence electrons. The van der Waals surface area contributed by atoms with Crippen LogP contribution in [0.5, 0.6) is 5.75 Å². The summed E-state index contributed by atoms with van der Waals surface area (Å²) in [7, 11) is 1.66. The average Bonchev–Trinajstić information content (AvgIpc) is 2.92. The van der Waals surface area contributed by atoms with Gasteiger partial charge in [-0.25, -0.2) is 0 Å². The van der Waals surface area contributed by atoms with Crippen molar-refractivity contribution in [1.82, 2.24) is 10.3 Å². The number of benzene rings is 2. The second kappa shape index (κ2) is 7.09. The van der Waals surface area contributed by atoms with Gasteiger partial charge < -0.3 is 15.0 Å². The minimum absolute atomic E-state index is 0.0172. The fourth-order valence-electron chi connectivity index (χ4n) is 2.88. The molecule has 24 heavy (non-hydrogen) atoms. The highest BCUT2D eigenvalue weighted by molar-refractivity contribution is 9.10. The van der Waals surface area contributed by atoms with E-state index in [4.69, 9.17) is 4.74 Å². The number of halogens is 1. The molecule has 0 saturated heterocycles. The third-order valence-corrected chi connectivity index (χ3v) is 4.61. The van der Waals surface area contributed by atoms with Gasteiger partial charge in [0.2, 0.25) is 5.91 Å². The lowest BCUT2D eigenvalue weighted by molar-refractivity contribution is -0.118. The number of hydrogen-bond donors (Lipinski definition) is 2. The largest absolute Gasteiger partial charge is 0.496 e. The maximum Gasteiger partial charge on any atom is 0.216 e. The number of carbonyl (C=O) groups excluding carboxylic acids is 1. The quantitative estimate of drug-likeness (QED) is 0.687. The number of amides is 1. The van der Waals surface area contributed by atoms with Crippen LogP contribution < -0.4 is 10.1 Å². The first kappa shape index (κ1) is 16.6. The first-order valence-electron chi connectivity index (χ1n) is 7.78. The highest BCUT2D eigenvalue weighted by Crippen LogP contribution is 2.36. The van der Waals surface area contributed by atoms with Gasteiger partial charge in [-0.2, -0.15) is 0 Å². The highest BCUT2D eigenvalue weighted by atomic mass is 79.9. The molecule has 1 amide bonds. The number of aromatic amines is 1. The molecule has 2 aromatic carbocycles. The van der Waals surface area contributed by atoms with E-state index >= 15 is 0 Å². The zero-order chi connectivity index (χ0) is 17.1. The third kappa shape index (κ3) is 3.31. The van der Waals surface area contributed by atoms with Gasteiger partial charge in [-0.05, 0) is 45.6 Å². The molecule has 0 atom stereocenters. The second-order valence-corrected chi connectivity index (χ2v) is 6.46. The fraction of sp³-hybridized carbons (Fsp3) is 0.211. The summed E-state index contributed by atoms with van der Waals surface area (Å²) < 4.78 is 6.34. The van der Waals surface area contributed by atoms with Crippen LogP contribution in [0.15, 0.2) is 46.9 Å². The molecule has 5 heteroatoms. The topological polar surface area (TPSA) is 54.1 Å². The van der Waals surface area contributed by atoms with Gasteiger partial charge in [0.05, 0.1) is 11.6 Å². The number of aromatic nitrogens is 1. The molecule has 0 saturated carbocycles. The van der Waals surface area contributed by atoms with Gasteiger partial charge >= 0.3 is 0 Å². The summed E-state index contributed by atoms with van der Waals surface area (Å²) in [6.45, 7) is 2.13. The van der Waals surface area contributed by atoms with Gasteiger partial charge in [-0.1, -0.05) is 30.3 Å². The Morgan fingerprint density at radius 3 is 2.67 bits per heavy atom. The number of methoxy groups -OCH3 is 1. The Labute approximate surface area is 149 Å².